The third kappa shape index (κ3) is 3.58. The van der Waals surface area contributed by atoms with Crippen molar-refractivity contribution in [3.8, 4) is 17.4 Å². The maximum absolute atomic E-state index is 12.6. The minimum Gasteiger partial charge on any atom is -0.479 e. The molecule has 4 heterocycles. The molecule has 4 rings (SSSR count). The third-order valence-corrected chi connectivity index (χ3v) is 4.61. The van der Waals surface area contributed by atoms with Gasteiger partial charge in [-0.05, 0) is 25.0 Å². The highest BCUT2D eigenvalue weighted by Crippen LogP contribution is 2.26. The van der Waals surface area contributed by atoms with Gasteiger partial charge in [0.2, 0.25) is 5.88 Å². The number of rotatable bonds is 5. The van der Waals surface area contributed by atoms with Gasteiger partial charge in [0, 0.05) is 32.5 Å². The first kappa shape index (κ1) is 18.1. The Morgan fingerprint density at radius 2 is 2.14 bits per heavy atom. The van der Waals surface area contributed by atoms with E-state index in [1.54, 1.807) is 25.6 Å². The predicted molar refractivity (Wildman–Crippen MR) is 100 cm³/mol. The van der Waals surface area contributed by atoms with Gasteiger partial charge in [0.15, 0.2) is 5.82 Å². The Balaban J connectivity index is 1.57. The van der Waals surface area contributed by atoms with E-state index < -0.39 is 0 Å². The van der Waals surface area contributed by atoms with E-state index in [0.717, 1.165) is 26.1 Å². The van der Waals surface area contributed by atoms with Gasteiger partial charge >= 0.3 is 0 Å². The number of aromatic nitrogens is 6. The van der Waals surface area contributed by atoms with Crippen LogP contribution in [-0.4, -0.2) is 55.8 Å². The monoisotopic (exact) mass is 383 g/mol. The molecule has 1 fully saturated rings. The summed E-state index contributed by atoms with van der Waals surface area (Å²) in [5, 5.41) is 15.2. The lowest BCUT2D eigenvalue weighted by Gasteiger charge is -2.24. The zero-order chi connectivity index (χ0) is 19.5. The van der Waals surface area contributed by atoms with Crippen LogP contribution in [0.1, 0.15) is 29.2 Å². The fourth-order valence-electron chi connectivity index (χ4n) is 3.24. The van der Waals surface area contributed by atoms with Crippen LogP contribution in [0.15, 0.2) is 30.7 Å². The first-order chi connectivity index (χ1) is 13.7. The number of nitrogens with zero attached hydrogens (tertiary/aromatic N) is 6. The molecule has 0 atom stereocenters. The molecule has 3 aromatic rings. The fourth-order valence-corrected chi connectivity index (χ4v) is 3.24. The van der Waals surface area contributed by atoms with Crippen LogP contribution in [-0.2, 0) is 11.8 Å². The van der Waals surface area contributed by atoms with Crippen LogP contribution in [0.25, 0.3) is 11.5 Å². The molecule has 1 amide bonds. The van der Waals surface area contributed by atoms with Crippen LogP contribution in [0, 0.1) is 0 Å². The summed E-state index contributed by atoms with van der Waals surface area (Å²) in [6.07, 6.45) is 5.13. The number of hydrogen-bond donors (Lipinski definition) is 1. The number of aryl methyl sites for hydroxylation is 1. The number of methoxy groups -OCH3 is 1. The number of hydrogen-bond acceptors (Lipinski definition) is 7. The van der Waals surface area contributed by atoms with Crippen LogP contribution in [0.5, 0.6) is 5.88 Å². The van der Waals surface area contributed by atoms with Crippen molar-refractivity contribution in [2.75, 3.05) is 25.6 Å². The smallest absolute Gasteiger partial charge is 0.263 e. The Bertz CT molecular complexity index is 975. The normalized spacial score (nSPS) is 14.8. The van der Waals surface area contributed by atoms with E-state index in [-0.39, 0.29) is 17.8 Å². The van der Waals surface area contributed by atoms with Crippen molar-refractivity contribution >= 4 is 11.7 Å². The summed E-state index contributed by atoms with van der Waals surface area (Å²) < 4.78 is 14.1. The Morgan fingerprint density at radius 1 is 1.32 bits per heavy atom. The van der Waals surface area contributed by atoms with Gasteiger partial charge in [-0.15, -0.1) is 15.3 Å². The molecule has 1 N–H and O–H groups in total. The van der Waals surface area contributed by atoms with E-state index in [1.165, 1.54) is 11.8 Å². The number of carbonyl (C=O) groups excluding carboxylic acids is 1. The quantitative estimate of drug-likeness (QED) is 0.714. The minimum atomic E-state index is -0.347. The number of nitrogens with one attached hydrogen (secondary N) is 1. The average Bonchev–Trinajstić information content (AvgIpc) is 3.35. The molecular formula is C18H21N7O3. The molecular weight excluding hydrogens is 362 g/mol. The van der Waals surface area contributed by atoms with E-state index in [0.29, 0.717) is 22.9 Å². The molecule has 1 aliphatic rings. The molecule has 0 saturated carbocycles. The second-order valence-electron chi connectivity index (χ2n) is 6.49. The van der Waals surface area contributed by atoms with Crippen LogP contribution >= 0.6 is 0 Å². The third-order valence-electron chi connectivity index (χ3n) is 4.61. The maximum Gasteiger partial charge on any atom is 0.263 e. The van der Waals surface area contributed by atoms with Crippen molar-refractivity contribution in [3.05, 3.63) is 36.3 Å². The summed E-state index contributed by atoms with van der Waals surface area (Å²) in [4.78, 5) is 17.1. The first-order valence-electron chi connectivity index (χ1n) is 8.99. The molecule has 0 aromatic carbocycles. The zero-order valence-electron chi connectivity index (χ0n) is 15.7. The Kier molecular flexibility index (Phi) is 5.02. The molecule has 3 aromatic heterocycles. The number of amides is 1. The summed E-state index contributed by atoms with van der Waals surface area (Å²) in [5.41, 5.74) is 0.975. The van der Waals surface area contributed by atoms with Crippen LogP contribution in [0.2, 0.25) is 0 Å². The van der Waals surface area contributed by atoms with Crippen molar-refractivity contribution in [2.24, 2.45) is 7.05 Å². The molecule has 1 aliphatic heterocycles. The highest BCUT2D eigenvalue weighted by molar-refractivity contribution is 6.05. The number of anilines is 1. The summed E-state index contributed by atoms with van der Waals surface area (Å²) in [5.74, 6) is 0.993. The second kappa shape index (κ2) is 7.77. The van der Waals surface area contributed by atoms with Gasteiger partial charge in [-0.3, -0.25) is 9.48 Å². The summed E-state index contributed by atoms with van der Waals surface area (Å²) in [6.45, 7) is 1.44. The van der Waals surface area contributed by atoms with Gasteiger partial charge in [-0.2, -0.15) is 0 Å². The molecule has 0 unspecified atom stereocenters. The van der Waals surface area contributed by atoms with Gasteiger partial charge in [-0.1, -0.05) is 6.07 Å². The van der Waals surface area contributed by atoms with E-state index in [2.05, 4.69) is 25.6 Å². The SMILES string of the molecule is COc1nn(C)cc1C(=O)Nc1cccc(-c2nncn2C2CCOCC2)n1. The Hall–Kier alpha value is -3.27. The first-order valence-corrected chi connectivity index (χ1v) is 8.99. The number of ether oxygens (including phenoxy) is 2. The van der Waals surface area contributed by atoms with Gasteiger partial charge < -0.3 is 19.4 Å². The van der Waals surface area contributed by atoms with Crippen molar-refractivity contribution in [3.63, 3.8) is 0 Å². The molecule has 0 aliphatic carbocycles. The topological polar surface area (TPSA) is 109 Å². The van der Waals surface area contributed by atoms with Gasteiger partial charge in [-0.25, -0.2) is 4.98 Å². The van der Waals surface area contributed by atoms with Gasteiger partial charge in [0.05, 0.1) is 7.11 Å². The number of carbonyl (C=O) groups is 1. The van der Waals surface area contributed by atoms with Crippen molar-refractivity contribution < 1.29 is 14.3 Å². The van der Waals surface area contributed by atoms with Crippen LogP contribution in [0.3, 0.4) is 0 Å². The number of pyridine rings is 1. The van der Waals surface area contributed by atoms with Crippen molar-refractivity contribution in [1.29, 1.82) is 0 Å². The van der Waals surface area contributed by atoms with Crippen LogP contribution < -0.4 is 10.1 Å². The predicted octanol–water partition coefficient (Wildman–Crippen LogP) is 1.69. The van der Waals surface area contributed by atoms with Crippen LogP contribution in [0.4, 0.5) is 5.82 Å². The lowest BCUT2D eigenvalue weighted by molar-refractivity contribution is 0.0699. The zero-order valence-corrected chi connectivity index (χ0v) is 15.7. The van der Waals surface area contributed by atoms with Crippen molar-refractivity contribution in [2.45, 2.75) is 18.9 Å². The summed E-state index contributed by atoms with van der Waals surface area (Å²) >= 11 is 0. The van der Waals surface area contributed by atoms with E-state index >= 15 is 0 Å². The minimum absolute atomic E-state index is 0.260. The molecule has 0 radical (unpaired) electrons. The molecule has 0 bridgehead atoms. The summed E-state index contributed by atoms with van der Waals surface area (Å²) in [6, 6.07) is 5.67. The molecule has 10 heteroatoms. The average molecular weight is 383 g/mol. The highest BCUT2D eigenvalue weighted by atomic mass is 16.5. The van der Waals surface area contributed by atoms with E-state index in [4.69, 9.17) is 9.47 Å². The van der Waals surface area contributed by atoms with Gasteiger partial charge in [0.1, 0.15) is 23.4 Å². The van der Waals surface area contributed by atoms with Crippen molar-refractivity contribution in [1.82, 2.24) is 29.5 Å². The van der Waals surface area contributed by atoms with E-state index in [1.807, 2.05) is 16.7 Å². The lowest BCUT2D eigenvalue weighted by Crippen LogP contribution is -2.20. The molecule has 146 valence electrons. The molecule has 28 heavy (non-hydrogen) atoms. The highest BCUT2D eigenvalue weighted by Gasteiger charge is 2.21. The maximum atomic E-state index is 12.6. The molecule has 10 nitrogen and oxygen atoms in total. The molecule has 0 spiro atoms. The van der Waals surface area contributed by atoms with E-state index in [9.17, 15) is 4.79 Å². The second-order valence-corrected chi connectivity index (χ2v) is 6.49. The molecule has 1 saturated heterocycles. The largest absolute Gasteiger partial charge is 0.479 e. The standard InChI is InChI=1S/C18H21N7O3/c1-24-10-13(18(23-24)27-2)17(26)21-15-5-3-4-14(20-15)16-22-19-11-25(16)12-6-8-28-9-7-12/h3-5,10-12H,6-9H2,1-2H3,(H,20,21,26). The fraction of sp³-hybridized carbons (Fsp3) is 0.389. The lowest BCUT2D eigenvalue weighted by atomic mass is 10.1. The Morgan fingerprint density at radius 3 is 2.93 bits per heavy atom. The summed E-state index contributed by atoms with van der Waals surface area (Å²) in [7, 11) is 3.20. The van der Waals surface area contributed by atoms with Gasteiger partial charge in [0.25, 0.3) is 5.91 Å². The Labute approximate surface area is 161 Å².